The van der Waals surface area contributed by atoms with Crippen LogP contribution >= 0.6 is 23.5 Å². The minimum atomic E-state index is -0.609. The summed E-state index contributed by atoms with van der Waals surface area (Å²) in [5.74, 6) is -0.718. The highest BCUT2D eigenvalue weighted by Crippen LogP contribution is 2.29. The monoisotopic (exact) mass is 764 g/mol. The number of likely N-dealkylation sites (tertiary alicyclic amines) is 1. The van der Waals surface area contributed by atoms with Crippen molar-refractivity contribution >= 4 is 41.2 Å². The van der Waals surface area contributed by atoms with Gasteiger partial charge in [-0.25, -0.2) is 18.7 Å². The molecule has 3 N–H and O–H groups in total. The summed E-state index contributed by atoms with van der Waals surface area (Å²) >= 11 is 3.15. The smallest absolute Gasteiger partial charge is 0.257 e. The normalized spacial score (nSPS) is 14.8. The molecule has 4 aromatic rings. The van der Waals surface area contributed by atoms with Crippen molar-refractivity contribution in [1.29, 1.82) is 0 Å². The molecule has 2 saturated heterocycles. The molecule has 0 radical (unpaired) electrons. The minimum Gasteiger partial charge on any atom is -0.438 e. The topological polar surface area (TPSA) is 135 Å². The molecule has 0 saturated carbocycles. The quantitative estimate of drug-likeness (QED) is 0.150. The summed E-state index contributed by atoms with van der Waals surface area (Å²) in [5.41, 5.74) is 0.150. The number of rotatable bonds is 10. The number of amides is 3. The average Bonchev–Trinajstić information content (AvgIpc) is 3.17. The third-order valence-electron chi connectivity index (χ3n) is 8.59. The Morgan fingerprint density at radius 3 is 1.62 bits per heavy atom. The summed E-state index contributed by atoms with van der Waals surface area (Å²) in [6.45, 7) is 4.43. The van der Waals surface area contributed by atoms with Crippen LogP contribution in [0.15, 0.2) is 82.8 Å². The molecule has 3 amide bonds. The van der Waals surface area contributed by atoms with Gasteiger partial charge in [-0.2, -0.15) is 0 Å². The van der Waals surface area contributed by atoms with Gasteiger partial charge in [0.1, 0.15) is 34.3 Å². The van der Waals surface area contributed by atoms with Crippen LogP contribution in [0.1, 0.15) is 53.3 Å². The first-order valence-corrected chi connectivity index (χ1v) is 19.6. The van der Waals surface area contributed by atoms with E-state index in [-0.39, 0.29) is 46.8 Å². The Morgan fingerprint density at radius 2 is 1.19 bits per heavy atom. The Morgan fingerprint density at radius 1 is 0.736 bits per heavy atom. The van der Waals surface area contributed by atoms with E-state index in [2.05, 4.69) is 25.9 Å². The van der Waals surface area contributed by atoms with Gasteiger partial charge in [0.2, 0.25) is 17.7 Å². The number of piperidine rings is 2. The first-order valence-electron chi connectivity index (χ1n) is 17.1. The van der Waals surface area contributed by atoms with E-state index in [9.17, 15) is 23.2 Å². The molecule has 0 atom stereocenters. The van der Waals surface area contributed by atoms with Crippen molar-refractivity contribution in [2.45, 2.75) is 54.5 Å². The number of nitrogens with zero attached hydrogens (tertiary/aromatic N) is 3. The number of benzene rings is 2. The molecule has 2 aliphatic rings. The molecule has 53 heavy (non-hydrogen) atoms. The predicted octanol–water partition coefficient (Wildman–Crippen LogP) is 6.69. The van der Waals surface area contributed by atoms with Gasteiger partial charge < -0.3 is 30.3 Å². The number of thioether (sulfide) groups is 2. The lowest BCUT2D eigenvalue weighted by Crippen LogP contribution is -2.46. The van der Waals surface area contributed by atoms with Gasteiger partial charge in [-0.1, -0.05) is 12.1 Å². The molecule has 2 aliphatic heterocycles. The number of ether oxygens (including phenoxy) is 2. The third-order valence-corrected chi connectivity index (χ3v) is 10.0. The van der Waals surface area contributed by atoms with Crippen molar-refractivity contribution in [1.82, 2.24) is 30.8 Å². The van der Waals surface area contributed by atoms with Crippen molar-refractivity contribution in [3.8, 4) is 23.3 Å². The van der Waals surface area contributed by atoms with Crippen molar-refractivity contribution in [2.75, 3.05) is 38.7 Å². The molecule has 2 fully saturated rings. The summed E-state index contributed by atoms with van der Waals surface area (Å²) in [7, 11) is 0. The van der Waals surface area contributed by atoms with Crippen LogP contribution in [-0.4, -0.2) is 83.4 Å². The van der Waals surface area contributed by atoms with Crippen molar-refractivity contribution in [2.24, 2.45) is 0 Å². The Hall–Kier alpha value is -4.73. The van der Waals surface area contributed by atoms with Crippen molar-refractivity contribution in [3.05, 3.63) is 95.8 Å². The third kappa shape index (κ3) is 11.6. The van der Waals surface area contributed by atoms with Crippen LogP contribution in [0.4, 0.5) is 8.78 Å². The van der Waals surface area contributed by atoms with Crippen LogP contribution in [0.25, 0.3) is 0 Å². The Bertz CT molecular complexity index is 1890. The Kier molecular flexibility index (Phi) is 14.4. The fourth-order valence-corrected chi connectivity index (χ4v) is 6.62. The van der Waals surface area contributed by atoms with Gasteiger partial charge in [-0.05, 0) is 99.8 Å². The van der Waals surface area contributed by atoms with Gasteiger partial charge in [0.15, 0.2) is 0 Å². The molecule has 2 aromatic carbocycles. The summed E-state index contributed by atoms with van der Waals surface area (Å²) in [6, 6.07) is 17.1. The van der Waals surface area contributed by atoms with E-state index in [1.165, 1.54) is 6.92 Å². The van der Waals surface area contributed by atoms with Gasteiger partial charge >= 0.3 is 0 Å². The zero-order valence-corrected chi connectivity index (χ0v) is 31.3. The van der Waals surface area contributed by atoms with Gasteiger partial charge in [0, 0.05) is 41.9 Å². The van der Waals surface area contributed by atoms with E-state index in [1.807, 2.05) is 48.9 Å². The van der Waals surface area contributed by atoms with Gasteiger partial charge in [-0.3, -0.25) is 14.4 Å². The van der Waals surface area contributed by atoms with Crippen LogP contribution in [0.3, 0.4) is 0 Å². The molecule has 6 rings (SSSR count). The molecule has 2 aromatic heterocycles. The second kappa shape index (κ2) is 19.4. The van der Waals surface area contributed by atoms with E-state index < -0.39 is 17.5 Å². The molecule has 0 aliphatic carbocycles. The zero-order valence-electron chi connectivity index (χ0n) is 29.7. The van der Waals surface area contributed by atoms with Crippen LogP contribution in [0.2, 0.25) is 0 Å². The lowest BCUT2D eigenvalue weighted by atomic mass is 10.0. The highest BCUT2D eigenvalue weighted by atomic mass is 32.2. The molecule has 15 heteroatoms. The standard InChI is InChI=1S/C20H22FN3O3S.C18H20FN3O2S/c1-13(25)24-8-6-15(7-9-24)23-19(26)18-10-14(21)12-22-20(18)27-16-4-3-5-17(11-16)28-2;1-25-15-4-2-3-14(10-15)24-18-16(9-12(19)11-21-18)17(23)22-13-5-7-20-8-6-13/h3-5,10-12,15H,6-9H2,1-2H3,(H,23,26);2-4,9-11,13,20H,5-8H2,1H3,(H,22,23). The largest absolute Gasteiger partial charge is 0.438 e. The first kappa shape index (κ1) is 39.5. The van der Waals surface area contributed by atoms with Crippen molar-refractivity contribution < 1.29 is 32.6 Å². The molecule has 11 nitrogen and oxygen atoms in total. The SMILES string of the molecule is CSc1cccc(Oc2ncc(F)cc2C(=O)NC2CCN(C(C)=O)CC2)c1.CSc1cccc(Oc2ncc(F)cc2C(=O)NC2CCNCC2)c1. The van der Waals surface area contributed by atoms with Crippen molar-refractivity contribution in [3.63, 3.8) is 0 Å². The lowest BCUT2D eigenvalue weighted by molar-refractivity contribution is -0.129. The summed E-state index contributed by atoms with van der Waals surface area (Å²) < 4.78 is 38.9. The summed E-state index contributed by atoms with van der Waals surface area (Å²) in [6.07, 6.45) is 8.99. The maximum atomic E-state index is 13.7. The Balaban J connectivity index is 0.000000206. The number of hydrogen-bond donors (Lipinski definition) is 3. The van der Waals surface area contributed by atoms with Crippen LogP contribution < -0.4 is 25.4 Å². The first-order chi connectivity index (χ1) is 25.6. The number of carbonyl (C=O) groups excluding carboxylic acids is 3. The van der Waals surface area contributed by atoms with E-state index in [0.29, 0.717) is 37.4 Å². The van der Waals surface area contributed by atoms with Gasteiger partial charge in [-0.15, -0.1) is 23.5 Å². The minimum absolute atomic E-state index is 0.0299. The number of pyridine rings is 2. The molecular formula is C38H42F2N6O5S2. The van der Waals surface area contributed by atoms with Gasteiger partial charge in [0.05, 0.1) is 12.4 Å². The molecule has 0 bridgehead atoms. The van der Waals surface area contributed by atoms with E-state index in [4.69, 9.17) is 9.47 Å². The fourth-order valence-electron chi connectivity index (χ4n) is 5.73. The number of carbonyl (C=O) groups is 3. The van der Waals surface area contributed by atoms with Gasteiger partial charge in [0.25, 0.3) is 11.8 Å². The lowest BCUT2D eigenvalue weighted by Gasteiger charge is -2.31. The number of hydrogen-bond acceptors (Lipinski definition) is 10. The summed E-state index contributed by atoms with van der Waals surface area (Å²) in [5, 5.41) is 9.09. The maximum Gasteiger partial charge on any atom is 0.257 e. The zero-order chi connectivity index (χ0) is 37.7. The highest BCUT2D eigenvalue weighted by molar-refractivity contribution is 7.98. The van der Waals surface area contributed by atoms with Crippen LogP contribution in [-0.2, 0) is 4.79 Å². The van der Waals surface area contributed by atoms with Crippen LogP contribution in [0.5, 0.6) is 23.3 Å². The molecule has 280 valence electrons. The fraction of sp³-hybridized carbons (Fsp3) is 0.342. The van der Waals surface area contributed by atoms with E-state index in [0.717, 1.165) is 60.2 Å². The Labute approximate surface area is 316 Å². The van der Waals surface area contributed by atoms with E-state index in [1.54, 1.807) is 40.6 Å². The number of nitrogens with one attached hydrogen (secondary N) is 3. The summed E-state index contributed by atoms with van der Waals surface area (Å²) in [4.78, 5) is 48.4. The molecule has 0 spiro atoms. The number of aromatic nitrogens is 2. The van der Waals surface area contributed by atoms with Crippen LogP contribution in [0, 0.1) is 11.6 Å². The number of halogens is 2. The predicted molar refractivity (Wildman–Crippen MR) is 201 cm³/mol. The molecule has 0 unspecified atom stereocenters. The molecular weight excluding hydrogens is 723 g/mol. The second-order valence-corrected chi connectivity index (χ2v) is 14.1. The highest BCUT2D eigenvalue weighted by Gasteiger charge is 2.25. The molecule has 4 heterocycles. The maximum absolute atomic E-state index is 13.7. The second-order valence-electron chi connectivity index (χ2n) is 12.3. The average molecular weight is 765 g/mol. The van der Waals surface area contributed by atoms with E-state index >= 15 is 0 Å².